The van der Waals surface area contributed by atoms with Crippen LogP contribution < -0.4 is 0 Å². The zero-order valence-electron chi connectivity index (χ0n) is 44.4. The molecule has 5 nitrogen and oxygen atoms in total. The maximum atomic E-state index is 6.61. The Morgan fingerprint density at radius 3 is 1.06 bits per heavy atom. The lowest BCUT2D eigenvalue weighted by atomic mass is 9.98. The summed E-state index contributed by atoms with van der Waals surface area (Å²) in [6, 6.07) is 104. The van der Waals surface area contributed by atoms with Crippen molar-refractivity contribution < 1.29 is 4.42 Å². The molecule has 0 radical (unpaired) electrons. The highest BCUT2D eigenvalue weighted by Gasteiger charge is 2.21. The first kappa shape index (κ1) is 47.0. The minimum absolute atomic E-state index is 0.568. The largest absolute Gasteiger partial charge is 0.456 e. The smallest absolute Gasteiger partial charge is 0.164 e. The van der Waals surface area contributed by atoms with E-state index in [1.54, 1.807) is 0 Å². The molecule has 0 N–H and O–H groups in total. The number of benzene rings is 13. The monoisotopic (exact) mass is 1040 g/mol. The summed E-state index contributed by atoms with van der Waals surface area (Å²) < 4.78 is 9.05. The van der Waals surface area contributed by atoms with Crippen molar-refractivity contribution in [2.45, 2.75) is 0 Å². The van der Waals surface area contributed by atoms with Crippen molar-refractivity contribution in [1.29, 1.82) is 0 Å². The lowest BCUT2D eigenvalue weighted by Gasteiger charge is -2.17. The molecule has 0 bridgehead atoms. The summed E-state index contributed by atoms with van der Waals surface area (Å²) in [6.45, 7) is 0. The number of hydrogen-bond acceptors (Lipinski definition) is 4. The Balaban J connectivity index is 0.868. The van der Waals surface area contributed by atoms with Crippen molar-refractivity contribution >= 4 is 65.3 Å². The Kier molecular flexibility index (Phi) is 11.1. The van der Waals surface area contributed by atoms with Crippen molar-refractivity contribution in [2.75, 3.05) is 0 Å². The van der Waals surface area contributed by atoms with Crippen LogP contribution in [0.15, 0.2) is 296 Å². The van der Waals surface area contributed by atoms with Crippen molar-refractivity contribution in [1.82, 2.24) is 19.5 Å². The molecule has 13 aromatic carbocycles. The van der Waals surface area contributed by atoms with Crippen molar-refractivity contribution in [3.8, 4) is 95.5 Å². The minimum atomic E-state index is 0.568. The van der Waals surface area contributed by atoms with E-state index in [2.05, 4.69) is 271 Å². The van der Waals surface area contributed by atoms with Gasteiger partial charge in [0.2, 0.25) is 0 Å². The Bertz CT molecular complexity index is 4870. The first-order chi connectivity index (χ1) is 40.6. The van der Waals surface area contributed by atoms with Gasteiger partial charge in [-0.25, -0.2) is 15.0 Å². The quantitative estimate of drug-likeness (QED) is 0.145. The molecule has 3 aromatic heterocycles. The van der Waals surface area contributed by atoms with Crippen LogP contribution in [0.1, 0.15) is 0 Å². The van der Waals surface area contributed by atoms with E-state index in [1.165, 1.54) is 54.6 Å². The number of furan rings is 1. The highest BCUT2D eigenvalue weighted by molar-refractivity contribution is 6.17. The number of hydrogen-bond donors (Lipinski definition) is 0. The molecule has 0 atom stereocenters. The standard InChI is InChI=1S/C77H48N4O/c1-3-13-49(14-4-1)51-23-27-53(28-24-51)55-31-35-57(36-32-55)75-78-76(58-37-33-56(34-38-58)54-29-25-52(26-30-54)50-15-5-2-6-16-50)80-77(79-75)64-40-42-70(67(45-64)63-39-41-66-65-21-11-12-22-73(65)82-74(66)48-63)81-71-46-61-19-9-7-17-59(61)43-68(71)69-44-60-18-8-10-20-62(60)47-72(69)81/h1-48H. The highest BCUT2D eigenvalue weighted by Crippen LogP contribution is 2.43. The summed E-state index contributed by atoms with van der Waals surface area (Å²) in [5.41, 5.74) is 18.9. The van der Waals surface area contributed by atoms with Gasteiger partial charge in [0, 0.05) is 43.8 Å². The molecule has 3 heterocycles. The summed E-state index contributed by atoms with van der Waals surface area (Å²) in [6.07, 6.45) is 0. The number of rotatable bonds is 9. The molecule has 0 unspecified atom stereocenters. The van der Waals surface area contributed by atoms with Crippen molar-refractivity contribution in [2.24, 2.45) is 0 Å². The van der Waals surface area contributed by atoms with Crippen LogP contribution in [0.25, 0.3) is 161 Å². The van der Waals surface area contributed by atoms with Crippen molar-refractivity contribution in [3.63, 3.8) is 0 Å². The van der Waals surface area contributed by atoms with Gasteiger partial charge < -0.3 is 8.98 Å². The van der Waals surface area contributed by atoms with E-state index in [1.807, 2.05) is 24.3 Å². The SMILES string of the molecule is c1ccc(-c2ccc(-c3ccc(-c4nc(-c5ccc(-c6ccc(-c7ccccc7)cc6)cc5)nc(-c5ccc(-n6c7cc8ccccc8cc7c7cc8ccccc8cc76)c(-c6ccc7c(c6)oc6ccccc67)c5)n4)cc3)cc2)cc1. The van der Waals surface area contributed by atoms with Crippen LogP contribution in [-0.2, 0) is 0 Å². The van der Waals surface area contributed by atoms with Crippen LogP contribution in [0.3, 0.4) is 0 Å². The number of nitrogens with zero attached hydrogens (tertiary/aromatic N) is 4. The van der Waals surface area contributed by atoms with Gasteiger partial charge in [-0.15, -0.1) is 0 Å². The maximum absolute atomic E-state index is 6.61. The van der Waals surface area contributed by atoms with Gasteiger partial charge in [0.15, 0.2) is 17.5 Å². The van der Waals surface area contributed by atoms with Gasteiger partial charge in [-0.1, -0.05) is 231 Å². The van der Waals surface area contributed by atoms with E-state index in [4.69, 9.17) is 19.4 Å². The van der Waals surface area contributed by atoms with E-state index in [0.717, 1.165) is 88.7 Å². The van der Waals surface area contributed by atoms with Crippen molar-refractivity contribution in [3.05, 3.63) is 291 Å². The lowest BCUT2D eigenvalue weighted by molar-refractivity contribution is 0.669. The molecule has 16 rings (SSSR count). The predicted molar refractivity (Wildman–Crippen MR) is 340 cm³/mol. The first-order valence-electron chi connectivity index (χ1n) is 27.8. The fourth-order valence-electron chi connectivity index (χ4n) is 12.0. The van der Waals surface area contributed by atoms with E-state index >= 15 is 0 Å². The second kappa shape index (κ2) is 19.4. The first-order valence-corrected chi connectivity index (χ1v) is 27.8. The summed E-state index contributed by atoms with van der Waals surface area (Å²) >= 11 is 0. The molecule has 0 aliphatic rings. The third kappa shape index (κ3) is 8.30. The Morgan fingerprint density at radius 1 is 0.232 bits per heavy atom. The molecule has 0 spiro atoms. The average Bonchev–Trinajstić information content (AvgIpc) is 4.29. The van der Waals surface area contributed by atoms with E-state index in [0.29, 0.717) is 17.5 Å². The molecule has 0 saturated carbocycles. The third-order valence-corrected chi connectivity index (χ3v) is 16.3. The fraction of sp³-hybridized carbons (Fsp3) is 0. The molecule has 5 heteroatoms. The molecule has 0 amide bonds. The molecule has 0 fully saturated rings. The maximum Gasteiger partial charge on any atom is 0.164 e. The molecule has 82 heavy (non-hydrogen) atoms. The highest BCUT2D eigenvalue weighted by atomic mass is 16.3. The fourth-order valence-corrected chi connectivity index (χ4v) is 12.0. The average molecular weight is 1050 g/mol. The molecular formula is C77H48N4O. The summed E-state index contributed by atoms with van der Waals surface area (Å²) in [7, 11) is 0. The van der Waals surface area contributed by atoms with Gasteiger partial charge in [0.1, 0.15) is 11.2 Å². The molecule has 382 valence electrons. The second-order valence-electron chi connectivity index (χ2n) is 21.2. The number of aromatic nitrogens is 4. The Labute approximate surface area is 473 Å². The summed E-state index contributed by atoms with van der Waals surface area (Å²) in [4.78, 5) is 16.0. The Hall–Kier alpha value is -11.0. The molecule has 0 aliphatic heterocycles. The van der Waals surface area contributed by atoms with Gasteiger partial charge in [-0.2, -0.15) is 0 Å². The van der Waals surface area contributed by atoms with E-state index in [-0.39, 0.29) is 0 Å². The zero-order valence-corrected chi connectivity index (χ0v) is 44.4. The lowest BCUT2D eigenvalue weighted by Crippen LogP contribution is -2.02. The van der Waals surface area contributed by atoms with Gasteiger partial charge >= 0.3 is 0 Å². The Morgan fingerprint density at radius 2 is 0.585 bits per heavy atom. The van der Waals surface area contributed by atoms with E-state index < -0.39 is 0 Å². The van der Waals surface area contributed by atoms with Gasteiger partial charge in [-0.05, 0) is 132 Å². The zero-order chi connectivity index (χ0) is 54.1. The minimum Gasteiger partial charge on any atom is -0.456 e. The van der Waals surface area contributed by atoms with Crippen LogP contribution in [-0.4, -0.2) is 19.5 Å². The predicted octanol–water partition coefficient (Wildman–Crippen LogP) is 20.5. The summed E-state index contributed by atoms with van der Waals surface area (Å²) in [5.74, 6) is 1.74. The normalized spacial score (nSPS) is 11.7. The molecule has 0 saturated heterocycles. The van der Waals surface area contributed by atoms with Crippen LogP contribution >= 0.6 is 0 Å². The van der Waals surface area contributed by atoms with Gasteiger partial charge in [-0.3, -0.25) is 0 Å². The van der Waals surface area contributed by atoms with Gasteiger partial charge in [0.25, 0.3) is 0 Å². The summed E-state index contributed by atoms with van der Waals surface area (Å²) in [5, 5.41) is 9.32. The van der Waals surface area contributed by atoms with Crippen LogP contribution in [0, 0.1) is 0 Å². The molecule has 0 aliphatic carbocycles. The van der Waals surface area contributed by atoms with E-state index in [9.17, 15) is 0 Å². The molecule has 16 aromatic rings. The number of fused-ring (bicyclic) bond motifs is 8. The van der Waals surface area contributed by atoms with Gasteiger partial charge in [0.05, 0.1) is 16.7 Å². The van der Waals surface area contributed by atoms with Crippen LogP contribution in [0.4, 0.5) is 0 Å². The second-order valence-corrected chi connectivity index (χ2v) is 21.2. The number of para-hydroxylation sites is 1. The van der Waals surface area contributed by atoms with Crippen LogP contribution in [0.2, 0.25) is 0 Å². The topological polar surface area (TPSA) is 56.7 Å². The molecular weight excluding hydrogens is 997 g/mol. The van der Waals surface area contributed by atoms with Crippen LogP contribution in [0.5, 0.6) is 0 Å². The third-order valence-electron chi connectivity index (χ3n) is 16.3.